The van der Waals surface area contributed by atoms with E-state index in [0.29, 0.717) is 10.5 Å². The van der Waals surface area contributed by atoms with Crippen LogP contribution in [0.1, 0.15) is 83.5 Å². The molecule has 8 heteroatoms. The lowest BCUT2D eigenvalue weighted by atomic mass is 9.76. The lowest BCUT2D eigenvalue weighted by molar-refractivity contribution is -0.379. The molecule has 0 aliphatic carbocycles. The summed E-state index contributed by atoms with van der Waals surface area (Å²) in [5.74, 6) is 2.57. The molecule has 0 aromatic rings. The summed E-state index contributed by atoms with van der Waals surface area (Å²) in [4.78, 5) is 8.76. The molecule has 7 aliphatic heterocycles. The number of hydrogen-bond donors (Lipinski definition) is 0. The predicted octanol–water partition coefficient (Wildman–Crippen LogP) is 4.77. The smallest absolute Gasteiger partial charge is 0.181 e. The van der Waals surface area contributed by atoms with Gasteiger partial charge < -0.3 is 14.2 Å². The minimum atomic E-state index is -0.417. The Morgan fingerprint density at radius 1 is 0.649 bits per heavy atom. The number of morpholine rings is 1. The molecule has 0 saturated carbocycles. The maximum absolute atomic E-state index is 7.88. The molecule has 7 fully saturated rings. The van der Waals surface area contributed by atoms with Crippen molar-refractivity contribution in [2.75, 3.05) is 57.4 Å². The van der Waals surface area contributed by atoms with Crippen molar-refractivity contribution < 1.29 is 14.2 Å². The Balaban J connectivity index is 1.44. The van der Waals surface area contributed by atoms with Gasteiger partial charge in [0, 0.05) is 56.4 Å². The van der Waals surface area contributed by atoms with Crippen LogP contribution in [-0.4, -0.2) is 112 Å². The van der Waals surface area contributed by atoms with Gasteiger partial charge in [0.1, 0.15) is 18.0 Å². The van der Waals surface area contributed by atoms with E-state index in [1.165, 1.54) is 102 Å². The molecule has 6 nitrogen and oxygen atoms in total. The fourth-order valence-corrected chi connectivity index (χ4v) is 11.4. The van der Waals surface area contributed by atoms with E-state index in [2.05, 4.69) is 38.2 Å². The summed E-state index contributed by atoms with van der Waals surface area (Å²) in [6, 6.07) is 0. The molecule has 0 aromatic heterocycles. The fraction of sp³-hybridized carbons (Fsp3) is 1.00. The van der Waals surface area contributed by atoms with E-state index in [4.69, 9.17) is 14.2 Å². The Kier molecular flexibility index (Phi) is 8.11. The quantitative estimate of drug-likeness (QED) is 0.468. The van der Waals surface area contributed by atoms with Gasteiger partial charge in [0.2, 0.25) is 0 Å². The Morgan fingerprint density at radius 3 is 2.08 bits per heavy atom. The van der Waals surface area contributed by atoms with Crippen LogP contribution in [0.5, 0.6) is 0 Å². The average Bonchev–Trinajstić information content (AvgIpc) is 3.72. The molecule has 0 radical (unpaired) electrons. The van der Waals surface area contributed by atoms with Crippen LogP contribution in [0, 0.1) is 0 Å². The topological polar surface area (TPSA) is 37.4 Å². The monoisotopic (exact) mass is 551 g/mol. The van der Waals surface area contributed by atoms with Gasteiger partial charge in [-0.1, -0.05) is 6.42 Å². The van der Waals surface area contributed by atoms with E-state index in [9.17, 15) is 0 Å². The number of thioether (sulfide) groups is 2. The van der Waals surface area contributed by atoms with Crippen molar-refractivity contribution in [1.29, 1.82) is 0 Å². The molecule has 7 atom stereocenters. The molecular formula is C29H49N3O3S2. The maximum atomic E-state index is 7.88. The molecular weight excluding hydrogens is 502 g/mol. The standard InChI is InChI=1S/C29H49N3O3S2/c1-3-14-30(15-4-1)28(26-11-9-20-37-26)29(25-10-8-19-33-25,31-16-5-6-17-31)35-23(24-13-21-36-24)22-32(28)27-12-2-7-18-34-27/h23-27H,1-22H2. The van der Waals surface area contributed by atoms with Crippen molar-refractivity contribution in [3.63, 3.8) is 0 Å². The van der Waals surface area contributed by atoms with E-state index >= 15 is 0 Å². The third-order valence-corrected chi connectivity index (χ3v) is 13.4. The van der Waals surface area contributed by atoms with Gasteiger partial charge >= 0.3 is 0 Å². The second-order valence-electron chi connectivity index (χ2n) is 12.5. The number of rotatable bonds is 6. The van der Waals surface area contributed by atoms with Crippen LogP contribution < -0.4 is 0 Å². The molecule has 0 bridgehead atoms. The van der Waals surface area contributed by atoms with Gasteiger partial charge in [0.25, 0.3) is 0 Å². The summed E-state index contributed by atoms with van der Waals surface area (Å²) in [6.07, 6.45) is 17.0. The first-order valence-electron chi connectivity index (χ1n) is 15.7. The SMILES string of the molecule is C1CCN(C2(C3CCCS3)N(C3CCCCO3)CC(C3CCS3)OC2(C2CCCO2)N2CCCC2)CC1. The molecule has 7 rings (SSSR count). The summed E-state index contributed by atoms with van der Waals surface area (Å²) in [7, 11) is 0. The Bertz CT molecular complexity index is 741. The lowest BCUT2D eigenvalue weighted by Crippen LogP contribution is -2.89. The van der Waals surface area contributed by atoms with Crippen LogP contribution in [0.2, 0.25) is 0 Å². The van der Waals surface area contributed by atoms with Gasteiger partial charge in [-0.15, -0.1) is 0 Å². The summed E-state index contributed by atoms with van der Waals surface area (Å²) in [6.45, 7) is 7.50. The van der Waals surface area contributed by atoms with Crippen LogP contribution in [0.4, 0.5) is 0 Å². The number of piperidine rings is 1. The molecule has 210 valence electrons. The molecule has 0 spiro atoms. The number of hydrogen-bond acceptors (Lipinski definition) is 8. The minimum absolute atomic E-state index is 0.146. The highest BCUT2D eigenvalue weighted by Crippen LogP contribution is 2.58. The Labute approximate surface area is 233 Å². The van der Waals surface area contributed by atoms with Gasteiger partial charge in [0.15, 0.2) is 5.72 Å². The third-order valence-electron chi connectivity index (χ3n) is 10.5. The van der Waals surface area contributed by atoms with Crippen molar-refractivity contribution in [3.8, 4) is 0 Å². The van der Waals surface area contributed by atoms with Crippen molar-refractivity contribution in [3.05, 3.63) is 0 Å². The van der Waals surface area contributed by atoms with Gasteiger partial charge in [0.05, 0.1) is 6.10 Å². The summed E-state index contributed by atoms with van der Waals surface area (Å²) in [5.41, 5.74) is -0.611. The van der Waals surface area contributed by atoms with Gasteiger partial charge in [-0.25, -0.2) is 0 Å². The van der Waals surface area contributed by atoms with E-state index in [0.717, 1.165) is 39.3 Å². The zero-order valence-corrected chi connectivity index (χ0v) is 24.5. The minimum Gasteiger partial charge on any atom is -0.374 e. The van der Waals surface area contributed by atoms with Crippen molar-refractivity contribution in [2.45, 2.75) is 124 Å². The molecule has 7 heterocycles. The van der Waals surface area contributed by atoms with E-state index < -0.39 is 5.72 Å². The summed E-state index contributed by atoms with van der Waals surface area (Å²) in [5, 5.41) is 1.15. The zero-order chi connectivity index (χ0) is 24.7. The second-order valence-corrected chi connectivity index (χ2v) is 15.2. The van der Waals surface area contributed by atoms with Crippen LogP contribution in [-0.2, 0) is 14.2 Å². The average molecular weight is 552 g/mol. The van der Waals surface area contributed by atoms with E-state index in [1.54, 1.807) is 0 Å². The molecule has 37 heavy (non-hydrogen) atoms. The second kappa shape index (κ2) is 11.4. The van der Waals surface area contributed by atoms with Gasteiger partial charge in [-0.05, 0) is 88.6 Å². The lowest BCUT2D eigenvalue weighted by Gasteiger charge is -2.71. The number of nitrogens with zero attached hydrogens (tertiary/aromatic N) is 3. The predicted molar refractivity (Wildman–Crippen MR) is 152 cm³/mol. The van der Waals surface area contributed by atoms with Gasteiger partial charge in [-0.3, -0.25) is 14.7 Å². The van der Waals surface area contributed by atoms with Crippen molar-refractivity contribution >= 4 is 23.5 Å². The Morgan fingerprint density at radius 2 is 1.43 bits per heavy atom. The zero-order valence-electron chi connectivity index (χ0n) is 22.8. The highest BCUT2D eigenvalue weighted by molar-refractivity contribution is 8.01. The summed E-state index contributed by atoms with van der Waals surface area (Å²) >= 11 is 4.40. The molecule has 7 aliphatic rings. The first kappa shape index (κ1) is 26.4. The molecule has 0 N–H and O–H groups in total. The van der Waals surface area contributed by atoms with Gasteiger partial charge in [-0.2, -0.15) is 23.5 Å². The van der Waals surface area contributed by atoms with Crippen LogP contribution in [0.3, 0.4) is 0 Å². The summed E-state index contributed by atoms with van der Waals surface area (Å²) < 4.78 is 21.5. The first-order valence-corrected chi connectivity index (χ1v) is 17.8. The maximum Gasteiger partial charge on any atom is 0.181 e. The molecule has 7 saturated heterocycles. The van der Waals surface area contributed by atoms with E-state index in [1.807, 2.05) is 0 Å². The largest absolute Gasteiger partial charge is 0.374 e. The first-order chi connectivity index (χ1) is 18.3. The molecule has 0 aromatic carbocycles. The van der Waals surface area contributed by atoms with E-state index in [-0.39, 0.29) is 24.1 Å². The third kappa shape index (κ3) is 4.38. The van der Waals surface area contributed by atoms with Crippen LogP contribution in [0.15, 0.2) is 0 Å². The number of ether oxygens (including phenoxy) is 3. The molecule has 0 amide bonds. The van der Waals surface area contributed by atoms with Crippen LogP contribution >= 0.6 is 23.5 Å². The normalized spacial score (nSPS) is 46.9. The van der Waals surface area contributed by atoms with Crippen molar-refractivity contribution in [1.82, 2.24) is 14.7 Å². The fourth-order valence-electron chi connectivity index (χ4n) is 8.86. The Hall–Kier alpha value is 0.460. The number of likely N-dealkylation sites (tertiary alicyclic amines) is 2. The van der Waals surface area contributed by atoms with Crippen LogP contribution in [0.25, 0.3) is 0 Å². The highest BCUT2D eigenvalue weighted by atomic mass is 32.2. The van der Waals surface area contributed by atoms with Crippen molar-refractivity contribution in [2.24, 2.45) is 0 Å². The molecule has 7 unspecified atom stereocenters. The highest BCUT2D eigenvalue weighted by Gasteiger charge is 2.74.